The minimum Gasteiger partial charge on any atom is -0.474 e. The second-order valence-electron chi connectivity index (χ2n) is 7.84. The van der Waals surface area contributed by atoms with Gasteiger partial charge >= 0.3 is 6.09 Å². The van der Waals surface area contributed by atoms with Crippen LogP contribution in [0.25, 0.3) is 5.69 Å². The quantitative estimate of drug-likeness (QED) is 0.887. The average Bonchev–Trinajstić information content (AvgIpc) is 3.19. The largest absolute Gasteiger partial charge is 0.474 e. The first kappa shape index (κ1) is 19.1. The molecule has 1 aliphatic heterocycles. The van der Waals surface area contributed by atoms with Crippen LogP contribution in [-0.2, 0) is 4.74 Å². The number of likely N-dealkylation sites (tertiary alicyclic amines) is 1. The van der Waals surface area contributed by atoms with Crippen LogP contribution in [0.3, 0.4) is 0 Å². The lowest BCUT2D eigenvalue weighted by atomic mass is 10.2. The van der Waals surface area contributed by atoms with Crippen molar-refractivity contribution in [1.29, 1.82) is 0 Å². The highest BCUT2D eigenvalue weighted by molar-refractivity contribution is 5.69. The number of carbonyl (C=O) groups excluding carboxylic acids is 1. The van der Waals surface area contributed by atoms with Crippen LogP contribution in [0, 0.1) is 6.92 Å². The van der Waals surface area contributed by atoms with Gasteiger partial charge in [-0.2, -0.15) is 0 Å². The van der Waals surface area contributed by atoms with Gasteiger partial charge < -0.3 is 20.1 Å². The van der Waals surface area contributed by atoms with Crippen LogP contribution in [-0.4, -0.2) is 45.6 Å². The third-order valence-corrected chi connectivity index (χ3v) is 4.54. The van der Waals surface area contributed by atoms with Crippen molar-refractivity contribution in [1.82, 2.24) is 14.7 Å². The normalized spacial score (nSPS) is 17.2. The van der Waals surface area contributed by atoms with E-state index >= 15 is 0 Å². The minimum atomic E-state index is -0.509. The topological polar surface area (TPSA) is 82.6 Å². The molecular weight excluding hydrogens is 344 g/mol. The summed E-state index contributed by atoms with van der Waals surface area (Å²) in [6.45, 7) is 8.55. The van der Waals surface area contributed by atoms with E-state index < -0.39 is 5.60 Å². The molecule has 1 saturated heterocycles. The van der Waals surface area contributed by atoms with E-state index in [1.165, 1.54) is 0 Å². The molecule has 0 saturated carbocycles. The molecular formula is C20H28N4O3. The molecule has 0 spiro atoms. The maximum atomic E-state index is 12.4. The Kier molecular flexibility index (Phi) is 5.30. The van der Waals surface area contributed by atoms with Crippen LogP contribution in [0.5, 0.6) is 5.88 Å². The molecule has 0 bridgehead atoms. The van der Waals surface area contributed by atoms with E-state index in [2.05, 4.69) is 5.10 Å². The van der Waals surface area contributed by atoms with E-state index in [0.717, 1.165) is 24.1 Å². The third-order valence-electron chi connectivity index (χ3n) is 4.54. The number of nitrogens with zero attached hydrogens (tertiary/aromatic N) is 3. The molecule has 7 nitrogen and oxygen atoms in total. The van der Waals surface area contributed by atoms with Gasteiger partial charge in [-0.3, -0.25) is 0 Å². The lowest BCUT2D eigenvalue weighted by Crippen LogP contribution is -2.42. The van der Waals surface area contributed by atoms with Gasteiger partial charge in [0, 0.05) is 6.54 Å². The molecule has 1 aromatic heterocycles. The second kappa shape index (κ2) is 7.50. The number of benzene rings is 1. The van der Waals surface area contributed by atoms with Crippen molar-refractivity contribution in [3.63, 3.8) is 0 Å². The first-order valence-corrected chi connectivity index (χ1v) is 9.29. The summed E-state index contributed by atoms with van der Waals surface area (Å²) in [7, 11) is 0. The van der Waals surface area contributed by atoms with Crippen molar-refractivity contribution in [2.45, 2.75) is 52.2 Å². The molecule has 2 N–H and O–H groups in total. The first-order chi connectivity index (χ1) is 12.8. The van der Waals surface area contributed by atoms with E-state index in [1.54, 1.807) is 9.58 Å². The predicted molar refractivity (Wildman–Crippen MR) is 104 cm³/mol. The van der Waals surface area contributed by atoms with Crippen molar-refractivity contribution in [2.75, 3.05) is 18.9 Å². The lowest BCUT2D eigenvalue weighted by molar-refractivity contribution is 0.0185. The Bertz CT molecular complexity index is 796. The van der Waals surface area contributed by atoms with E-state index in [-0.39, 0.29) is 12.1 Å². The first-order valence-electron chi connectivity index (χ1n) is 9.29. The van der Waals surface area contributed by atoms with Crippen molar-refractivity contribution in [3.05, 3.63) is 35.9 Å². The Morgan fingerprint density at radius 2 is 2.00 bits per heavy atom. The lowest BCUT2D eigenvalue weighted by Gasteiger charge is -2.28. The van der Waals surface area contributed by atoms with Crippen molar-refractivity contribution in [3.8, 4) is 11.6 Å². The summed E-state index contributed by atoms with van der Waals surface area (Å²) in [6, 6.07) is 9.66. The van der Waals surface area contributed by atoms with E-state index in [1.807, 2.05) is 58.0 Å². The molecule has 2 aromatic rings. The number of aromatic nitrogens is 2. The summed E-state index contributed by atoms with van der Waals surface area (Å²) in [5, 5.41) is 4.50. The number of carbonyl (C=O) groups is 1. The highest BCUT2D eigenvalue weighted by Crippen LogP contribution is 2.27. The smallest absolute Gasteiger partial charge is 0.410 e. The van der Waals surface area contributed by atoms with Crippen LogP contribution in [0.2, 0.25) is 0 Å². The highest BCUT2D eigenvalue weighted by Gasteiger charge is 2.33. The zero-order valence-corrected chi connectivity index (χ0v) is 16.4. The van der Waals surface area contributed by atoms with Gasteiger partial charge in [0.2, 0.25) is 5.88 Å². The molecule has 1 amide bonds. The van der Waals surface area contributed by atoms with Crippen LogP contribution in [0.1, 0.15) is 39.2 Å². The fraction of sp³-hybridized carbons (Fsp3) is 0.500. The molecule has 3 rings (SSSR count). The predicted octanol–water partition coefficient (Wildman–Crippen LogP) is 3.54. The van der Waals surface area contributed by atoms with Crippen molar-refractivity contribution in [2.24, 2.45) is 0 Å². The van der Waals surface area contributed by atoms with Gasteiger partial charge in [0.15, 0.2) is 0 Å². The van der Waals surface area contributed by atoms with Crippen molar-refractivity contribution >= 4 is 11.9 Å². The van der Waals surface area contributed by atoms with Crippen LogP contribution < -0.4 is 10.5 Å². The molecule has 146 valence electrons. The molecule has 1 fully saturated rings. The number of para-hydroxylation sites is 1. The second-order valence-corrected chi connectivity index (χ2v) is 7.84. The Balaban J connectivity index is 1.69. The number of ether oxygens (including phenoxy) is 2. The Labute approximate surface area is 160 Å². The Morgan fingerprint density at radius 1 is 1.30 bits per heavy atom. The SMILES string of the molecule is Cc1c(OCC2CCCN2C(=O)OC(C)(C)C)nn(-c2ccccc2)c1N. The van der Waals surface area contributed by atoms with Gasteiger partial charge in [0.05, 0.1) is 17.3 Å². The summed E-state index contributed by atoms with van der Waals surface area (Å²) in [6.07, 6.45) is 1.53. The fourth-order valence-corrected chi connectivity index (χ4v) is 3.14. The zero-order chi connectivity index (χ0) is 19.6. The van der Waals surface area contributed by atoms with Gasteiger partial charge in [0.25, 0.3) is 0 Å². The number of rotatable bonds is 4. The van der Waals surface area contributed by atoms with Crippen molar-refractivity contribution < 1.29 is 14.3 Å². The summed E-state index contributed by atoms with van der Waals surface area (Å²) in [4.78, 5) is 14.1. The van der Waals surface area contributed by atoms with E-state index in [4.69, 9.17) is 15.2 Å². The minimum absolute atomic E-state index is 0.0256. The van der Waals surface area contributed by atoms with Crippen LogP contribution in [0.15, 0.2) is 30.3 Å². The van der Waals surface area contributed by atoms with Gasteiger partial charge in [0.1, 0.15) is 18.0 Å². The van der Waals surface area contributed by atoms with E-state index in [0.29, 0.717) is 24.8 Å². The van der Waals surface area contributed by atoms with Crippen LogP contribution >= 0.6 is 0 Å². The number of hydrogen-bond donors (Lipinski definition) is 1. The van der Waals surface area contributed by atoms with Crippen LogP contribution in [0.4, 0.5) is 10.6 Å². The number of nitrogen functional groups attached to an aromatic ring is 1. The summed E-state index contributed by atoms with van der Waals surface area (Å²) >= 11 is 0. The van der Waals surface area contributed by atoms with E-state index in [9.17, 15) is 4.79 Å². The third kappa shape index (κ3) is 4.35. The van der Waals surface area contributed by atoms with Gasteiger partial charge in [-0.1, -0.05) is 18.2 Å². The number of hydrogen-bond acceptors (Lipinski definition) is 5. The standard InChI is InChI=1S/C20H28N4O3/c1-14-17(21)24(15-9-6-5-7-10-15)22-18(14)26-13-16-11-8-12-23(16)19(25)27-20(2,3)4/h5-7,9-10,16H,8,11-13,21H2,1-4H3. The molecule has 2 heterocycles. The fourth-order valence-electron chi connectivity index (χ4n) is 3.14. The monoisotopic (exact) mass is 372 g/mol. The summed E-state index contributed by atoms with van der Waals surface area (Å²) < 4.78 is 13.1. The molecule has 0 radical (unpaired) electrons. The molecule has 1 atom stereocenters. The molecule has 1 aromatic carbocycles. The summed E-state index contributed by atoms with van der Waals surface area (Å²) in [5.41, 5.74) is 7.36. The molecule has 0 aliphatic carbocycles. The maximum absolute atomic E-state index is 12.4. The number of nitrogens with two attached hydrogens (primary N) is 1. The van der Waals surface area contributed by atoms with Gasteiger partial charge in [-0.05, 0) is 52.7 Å². The highest BCUT2D eigenvalue weighted by atomic mass is 16.6. The molecule has 27 heavy (non-hydrogen) atoms. The Morgan fingerprint density at radius 3 is 2.67 bits per heavy atom. The van der Waals surface area contributed by atoms with Gasteiger partial charge in [-0.15, -0.1) is 5.10 Å². The number of anilines is 1. The molecule has 7 heteroatoms. The maximum Gasteiger partial charge on any atom is 0.410 e. The molecule has 1 aliphatic rings. The zero-order valence-electron chi connectivity index (χ0n) is 16.4. The summed E-state index contributed by atoms with van der Waals surface area (Å²) in [5.74, 6) is 1.04. The average molecular weight is 372 g/mol. The number of amides is 1. The Hall–Kier alpha value is -2.70. The van der Waals surface area contributed by atoms with Gasteiger partial charge in [-0.25, -0.2) is 9.48 Å². The molecule has 1 unspecified atom stereocenters.